The van der Waals surface area contributed by atoms with Crippen molar-refractivity contribution >= 4 is 11.9 Å². The molecule has 7 heteroatoms. The van der Waals surface area contributed by atoms with Gasteiger partial charge in [-0.25, -0.2) is 9.97 Å². The Morgan fingerprint density at radius 1 is 1.11 bits per heavy atom. The van der Waals surface area contributed by atoms with Gasteiger partial charge in [0, 0.05) is 18.8 Å². The van der Waals surface area contributed by atoms with Crippen molar-refractivity contribution in [2.24, 2.45) is 0 Å². The molecule has 1 saturated heterocycles. The number of aryl methyl sites for hydroxylation is 1. The first-order chi connectivity index (χ1) is 13.2. The molecule has 0 saturated carbocycles. The van der Waals surface area contributed by atoms with Gasteiger partial charge in [-0.05, 0) is 56.5 Å². The zero-order valence-corrected chi connectivity index (χ0v) is 15.9. The zero-order valence-electron chi connectivity index (χ0n) is 15.9. The van der Waals surface area contributed by atoms with Crippen LogP contribution in [0.3, 0.4) is 0 Å². The minimum atomic E-state index is -0.211. The van der Waals surface area contributed by atoms with Crippen molar-refractivity contribution in [1.82, 2.24) is 15.3 Å². The molecule has 2 heterocycles. The van der Waals surface area contributed by atoms with Crippen LogP contribution in [0, 0.1) is 6.92 Å². The Morgan fingerprint density at radius 3 is 2.52 bits per heavy atom. The molecule has 0 aliphatic carbocycles. The third-order valence-corrected chi connectivity index (χ3v) is 4.43. The number of hydrogen-bond acceptors (Lipinski definition) is 6. The van der Waals surface area contributed by atoms with E-state index in [1.54, 1.807) is 13.2 Å². The van der Waals surface area contributed by atoms with E-state index in [1.165, 1.54) is 6.42 Å². The number of amides is 1. The smallest absolute Gasteiger partial charge is 0.270 e. The van der Waals surface area contributed by atoms with Gasteiger partial charge in [0.25, 0.3) is 5.91 Å². The molecular weight excluding hydrogens is 344 g/mol. The second-order valence-corrected chi connectivity index (χ2v) is 6.52. The lowest BCUT2D eigenvalue weighted by atomic mass is 10.1. The second-order valence-electron chi connectivity index (χ2n) is 6.52. The molecule has 1 aliphatic heterocycles. The van der Waals surface area contributed by atoms with Gasteiger partial charge < -0.3 is 19.7 Å². The van der Waals surface area contributed by atoms with Crippen molar-refractivity contribution in [3.05, 3.63) is 41.7 Å². The number of benzene rings is 1. The number of anilines is 1. The number of rotatable bonds is 7. The zero-order chi connectivity index (χ0) is 19.1. The maximum absolute atomic E-state index is 12.4. The third kappa shape index (κ3) is 5.32. The first-order valence-electron chi connectivity index (χ1n) is 9.31. The highest BCUT2D eigenvalue weighted by atomic mass is 16.5. The van der Waals surface area contributed by atoms with Crippen molar-refractivity contribution in [2.45, 2.75) is 26.2 Å². The highest BCUT2D eigenvalue weighted by molar-refractivity contribution is 5.92. The Kier molecular flexibility index (Phi) is 6.46. The van der Waals surface area contributed by atoms with Crippen molar-refractivity contribution in [2.75, 3.05) is 38.3 Å². The summed E-state index contributed by atoms with van der Waals surface area (Å²) in [5.74, 6) is 1.95. The van der Waals surface area contributed by atoms with Gasteiger partial charge in [-0.15, -0.1) is 0 Å². The van der Waals surface area contributed by atoms with Crippen LogP contribution in [-0.4, -0.2) is 49.2 Å². The van der Waals surface area contributed by atoms with Crippen LogP contribution in [0.5, 0.6) is 11.5 Å². The van der Waals surface area contributed by atoms with E-state index < -0.39 is 0 Å². The first kappa shape index (κ1) is 18.9. The maximum Gasteiger partial charge on any atom is 0.270 e. The standard InChI is InChI=1S/C20H26N4O3/c1-15-14-18(23-20(22-15)24-11-4-3-5-12-24)19(25)21-10-13-27-17-8-6-16(26-2)7-9-17/h6-9,14H,3-5,10-13H2,1-2H3,(H,21,25). The van der Waals surface area contributed by atoms with E-state index in [-0.39, 0.29) is 5.91 Å². The van der Waals surface area contributed by atoms with E-state index in [4.69, 9.17) is 9.47 Å². The summed E-state index contributed by atoms with van der Waals surface area (Å²) in [6.45, 7) is 4.55. The van der Waals surface area contributed by atoms with Crippen LogP contribution in [0.1, 0.15) is 35.4 Å². The molecular formula is C20H26N4O3. The molecule has 2 aromatic rings. The molecule has 27 heavy (non-hydrogen) atoms. The lowest BCUT2D eigenvalue weighted by Crippen LogP contribution is -2.33. The Morgan fingerprint density at radius 2 is 1.81 bits per heavy atom. The maximum atomic E-state index is 12.4. The number of hydrogen-bond donors (Lipinski definition) is 1. The number of nitrogens with one attached hydrogen (secondary N) is 1. The van der Waals surface area contributed by atoms with Crippen LogP contribution < -0.4 is 19.7 Å². The summed E-state index contributed by atoms with van der Waals surface area (Å²) >= 11 is 0. The van der Waals surface area contributed by atoms with Crippen LogP contribution in [0.25, 0.3) is 0 Å². The van der Waals surface area contributed by atoms with Crippen LogP contribution in [-0.2, 0) is 0 Å². The number of ether oxygens (including phenoxy) is 2. The fraction of sp³-hybridized carbons (Fsp3) is 0.450. The average molecular weight is 370 g/mol. The topological polar surface area (TPSA) is 76.6 Å². The number of carbonyl (C=O) groups is 1. The summed E-state index contributed by atoms with van der Waals surface area (Å²) in [5.41, 5.74) is 1.19. The Bertz CT molecular complexity index is 758. The molecule has 0 spiro atoms. The van der Waals surface area contributed by atoms with Gasteiger partial charge in [0.05, 0.1) is 13.7 Å². The Labute approximate surface area is 159 Å². The van der Waals surface area contributed by atoms with Gasteiger partial charge in [0.15, 0.2) is 0 Å². The summed E-state index contributed by atoms with van der Waals surface area (Å²) in [5, 5.41) is 2.85. The monoisotopic (exact) mass is 370 g/mol. The molecule has 144 valence electrons. The molecule has 0 atom stereocenters. The third-order valence-electron chi connectivity index (χ3n) is 4.43. The van der Waals surface area contributed by atoms with Crippen molar-refractivity contribution in [3.8, 4) is 11.5 Å². The fourth-order valence-corrected chi connectivity index (χ4v) is 3.00. The minimum Gasteiger partial charge on any atom is -0.497 e. The first-order valence-corrected chi connectivity index (χ1v) is 9.31. The number of nitrogens with zero attached hydrogens (tertiary/aromatic N) is 3. The summed E-state index contributed by atoms with van der Waals surface area (Å²) < 4.78 is 10.7. The highest BCUT2D eigenvalue weighted by Gasteiger charge is 2.17. The number of methoxy groups -OCH3 is 1. The van der Waals surface area contributed by atoms with Gasteiger partial charge >= 0.3 is 0 Å². The normalized spacial score (nSPS) is 13.9. The predicted octanol–water partition coefficient (Wildman–Crippen LogP) is 2.59. The molecule has 0 radical (unpaired) electrons. The molecule has 1 amide bonds. The summed E-state index contributed by atoms with van der Waals surface area (Å²) in [7, 11) is 1.62. The lowest BCUT2D eigenvalue weighted by Gasteiger charge is -2.27. The minimum absolute atomic E-state index is 0.211. The predicted molar refractivity (Wildman–Crippen MR) is 104 cm³/mol. The van der Waals surface area contributed by atoms with Gasteiger partial charge in [0.1, 0.15) is 23.8 Å². The van der Waals surface area contributed by atoms with E-state index in [9.17, 15) is 4.79 Å². The average Bonchev–Trinajstić information content (AvgIpc) is 2.71. The molecule has 0 unspecified atom stereocenters. The van der Waals surface area contributed by atoms with Crippen LogP contribution in [0.4, 0.5) is 5.95 Å². The molecule has 1 aromatic heterocycles. The van der Waals surface area contributed by atoms with Gasteiger partial charge in [-0.1, -0.05) is 0 Å². The van der Waals surface area contributed by atoms with Crippen LogP contribution in [0.2, 0.25) is 0 Å². The molecule has 3 rings (SSSR count). The number of aromatic nitrogens is 2. The number of carbonyl (C=O) groups excluding carboxylic acids is 1. The van der Waals surface area contributed by atoms with Crippen molar-refractivity contribution in [1.29, 1.82) is 0 Å². The van der Waals surface area contributed by atoms with E-state index in [0.717, 1.165) is 43.1 Å². The molecule has 1 fully saturated rings. The number of piperidine rings is 1. The summed E-state index contributed by atoms with van der Waals surface area (Å²) in [4.78, 5) is 23.5. The quantitative estimate of drug-likeness (QED) is 0.755. The Hall–Kier alpha value is -2.83. The summed E-state index contributed by atoms with van der Waals surface area (Å²) in [6.07, 6.45) is 3.52. The highest BCUT2D eigenvalue weighted by Crippen LogP contribution is 2.17. The largest absolute Gasteiger partial charge is 0.497 e. The fourth-order valence-electron chi connectivity index (χ4n) is 3.00. The van der Waals surface area contributed by atoms with Crippen molar-refractivity contribution in [3.63, 3.8) is 0 Å². The summed E-state index contributed by atoms with van der Waals surface area (Å²) in [6, 6.07) is 9.05. The Balaban J connectivity index is 1.51. The van der Waals surface area contributed by atoms with Gasteiger partial charge in [-0.2, -0.15) is 0 Å². The second kappa shape index (κ2) is 9.21. The van der Waals surface area contributed by atoms with E-state index >= 15 is 0 Å². The van der Waals surface area contributed by atoms with Crippen LogP contribution in [0.15, 0.2) is 30.3 Å². The molecule has 0 bridgehead atoms. The van der Waals surface area contributed by atoms with Crippen molar-refractivity contribution < 1.29 is 14.3 Å². The van der Waals surface area contributed by atoms with E-state index in [0.29, 0.717) is 24.8 Å². The molecule has 1 aromatic carbocycles. The van der Waals surface area contributed by atoms with E-state index in [1.807, 2.05) is 31.2 Å². The lowest BCUT2D eigenvalue weighted by molar-refractivity contribution is 0.0941. The molecule has 7 nitrogen and oxygen atoms in total. The van der Waals surface area contributed by atoms with Gasteiger partial charge in [0.2, 0.25) is 5.95 Å². The molecule has 1 N–H and O–H groups in total. The SMILES string of the molecule is COc1ccc(OCCNC(=O)c2cc(C)nc(N3CCCCC3)n2)cc1. The van der Waals surface area contributed by atoms with E-state index in [2.05, 4.69) is 20.2 Å². The van der Waals surface area contributed by atoms with Gasteiger partial charge in [-0.3, -0.25) is 4.79 Å². The van der Waals surface area contributed by atoms with Crippen LogP contribution >= 0.6 is 0 Å². The molecule has 1 aliphatic rings.